The van der Waals surface area contributed by atoms with Crippen LogP contribution in [-0.2, 0) is 0 Å². The summed E-state index contributed by atoms with van der Waals surface area (Å²) in [6.07, 6.45) is 5.97. The number of amides is 2. The molecule has 2 aliphatic rings. The molecule has 0 bridgehead atoms. The molecule has 1 aliphatic heterocycles. The van der Waals surface area contributed by atoms with E-state index in [2.05, 4.69) is 34.5 Å². The first-order valence-corrected chi connectivity index (χ1v) is 8.60. The maximum Gasteiger partial charge on any atom is 0.315 e. The largest absolute Gasteiger partial charge is 0.394 e. The van der Waals surface area contributed by atoms with E-state index in [9.17, 15) is 9.90 Å². The Kier molecular flexibility index (Phi) is 6.47. The van der Waals surface area contributed by atoms with Gasteiger partial charge in [-0.15, -0.1) is 0 Å². The van der Waals surface area contributed by atoms with Gasteiger partial charge in [0.2, 0.25) is 0 Å². The van der Waals surface area contributed by atoms with E-state index in [1.54, 1.807) is 0 Å². The number of aliphatic hydroxyl groups is 1. The highest BCUT2D eigenvalue weighted by atomic mass is 16.3. The lowest BCUT2D eigenvalue weighted by Gasteiger charge is -2.34. The number of hydrogen-bond donors (Lipinski definition) is 3. The standard InChI is InChI=1S/C16H32N4O2/c1-19(2)11-12-20-9-5-14(6-10-20)17-15(22)18-16(13-21)7-3-4-8-16/h14,21H,3-13H2,1-2H3,(H2,17,18,22). The van der Waals surface area contributed by atoms with E-state index in [1.165, 1.54) is 0 Å². The van der Waals surface area contributed by atoms with Crippen LogP contribution in [0.5, 0.6) is 0 Å². The van der Waals surface area contributed by atoms with E-state index in [4.69, 9.17) is 0 Å². The zero-order chi connectivity index (χ0) is 16.0. The van der Waals surface area contributed by atoms with Crippen molar-refractivity contribution in [3.8, 4) is 0 Å². The van der Waals surface area contributed by atoms with Gasteiger partial charge in [-0.1, -0.05) is 12.8 Å². The maximum absolute atomic E-state index is 12.2. The van der Waals surface area contributed by atoms with Crippen LogP contribution in [0.4, 0.5) is 4.79 Å². The van der Waals surface area contributed by atoms with Crippen molar-refractivity contribution in [2.75, 3.05) is 46.9 Å². The maximum atomic E-state index is 12.2. The Morgan fingerprint density at radius 1 is 1.27 bits per heavy atom. The van der Waals surface area contributed by atoms with Crippen molar-refractivity contribution in [3.63, 3.8) is 0 Å². The first kappa shape index (κ1) is 17.5. The highest BCUT2D eigenvalue weighted by Crippen LogP contribution is 2.29. The minimum atomic E-state index is -0.378. The monoisotopic (exact) mass is 312 g/mol. The lowest BCUT2D eigenvalue weighted by Crippen LogP contribution is -2.56. The molecule has 0 radical (unpaired) electrons. The number of likely N-dealkylation sites (N-methyl/N-ethyl adjacent to an activating group) is 1. The van der Waals surface area contributed by atoms with Gasteiger partial charge in [-0.2, -0.15) is 0 Å². The van der Waals surface area contributed by atoms with Crippen molar-refractivity contribution in [1.82, 2.24) is 20.4 Å². The van der Waals surface area contributed by atoms with Crippen LogP contribution in [0.1, 0.15) is 38.5 Å². The van der Waals surface area contributed by atoms with Crippen molar-refractivity contribution >= 4 is 6.03 Å². The quantitative estimate of drug-likeness (QED) is 0.672. The smallest absolute Gasteiger partial charge is 0.315 e. The first-order valence-electron chi connectivity index (χ1n) is 8.60. The fraction of sp³-hybridized carbons (Fsp3) is 0.938. The number of rotatable bonds is 6. The van der Waals surface area contributed by atoms with Gasteiger partial charge in [0.25, 0.3) is 0 Å². The molecule has 0 aromatic carbocycles. The number of piperidine rings is 1. The second-order valence-corrected chi connectivity index (χ2v) is 7.16. The lowest BCUT2D eigenvalue weighted by atomic mass is 9.99. The molecule has 0 spiro atoms. The number of carbonyl (C=O) groups excluding carboxylic acids is 1. The molecule has 2 fully saturated rings. The van der Waals surface area contributed by atoms with Gasteiger partial charge in [-0.05, 0) is 39.8 Å². The Hall–Kier alpha value is -0.850. The Labute approximate surface area is 134 Å². The average molecular weight is 312 g/mol. The van der Waals surface area contributed by atoms with Gasteiger partial charge in [0.1, 0.15) is 0 Å². The Balaban J connectivity index is 1.68. The third kappa shape index (κ3) is 5.11. The molecule has 0 unspecified atom stereocenters. The molecule has 1 saturated carbocycles. The predicted molar refractivity (Wildman–Crippen MR) is 88.0 cm³/mol. The number of likely N-dealkylation sites (tertiary alicyclic amines) is 1. The second-order valence-electron chi connectivity index (χ2n) is 7.16. The minimum Gasteiger partial charge on any atom is -0.394 e. The molecule has 2 rings (SSSR count). The highest BCUT2D eigenvalue weighted by Gasteiger charge is 2.35. The van der Waals surface area contributed by atoms with Crippen molar-refractivity contribution in [2.24, 2.45) is 0 Å². The lowest BCUT2D eigenvalue weighted by molar-refractivity contribution is 0.154. The summed E-state index contributed by atoms with van der Waals surface area (Å²) in [4.78, 5) is 16.8. The summed E-state index contributed by atoms with van der Waals surface area (Å²) >= 11 is 0. The number of urea groups is 1. The van der Waals surface area contributed by atoms with Gasteiger partial charge in [0.15, 0.2) is 0 Å². The summed E-state index contributed by atoms with van der Waals surface area (Å²) in [7, 11) is 4.19. The zero-order valence-electron chi connectivity index (χ0n) is 14.1. The summed E-state index contributed by atoms with van der Waals surface area (Å²) < 4.78 is 0. The normalized spacial score (nSPS) is 22.9. The van der Waals surface area contributed by atoms with Crippen molar-refractivity contribution in [3.05, 3.63) is 0 Å². The number of carbonyl (C=O) groups is 1. The number of hydrogen-bond acceptors (Lipinski definition) is 4. The van der Waals surface area contributed by atoms with Crippen LogP contribution in [-0.4, -0.2) is 79.4 Å². The molecule has 1 saturated heterocycles. The van der Waals surface area contributed by atoms with Crippen LogP contribution in [0, 0.1) is 0 Å². The number of aliphatic hydroxyl groups excluding tert-OH is 1. The minimum absolute atomic E-state index is 0.0450. The van der Waals surface area contributed by atoms with Crippen LogP contribution in [0.2, 0.25) is 0 Å². The molecule has 2 amide bonds. The molecule has 0 aromatic heterocycles. The first-order chi connectivity index (χ1) is 10.5. The van der Waals surface area contributed by atoms with Crippen LogP contribution in [0.25, 0.3) is 0 Å². The molecule has 0 aromatic rings. The van der Waals surface area contributed by atoms with Gasteiger partial charge in [-0.25, -0.2) is 4.79 Å². The topological polar surface area (TPSA) is 67.8 Å². The summed E-state index contributed by atoms with van der Waals surface area (Å²) in [6, 6.07) is 0.149. The Morgan fingerprint density at radius 2 is 1.91 bits per heavy atom. The zero-order valence-corrected chi connectivity index (χ0v) is 14.1. The fourth-order valence-corrected chi connectivity index (χ4v) is 3.48. The summed E-state index contributed by atoms with van der Waals surface area (Å²) in [5.41, 5.74) is -0.378. The van der Waals surface area contributed by atoms with Gasteiger partial charge < -0.3 is 25.5 Å². The Morgan fingerprint density at radius 3 is 2.45 bits per heavy atom. The van der Waals surface area contributed by atoms with E-state index in [-0.39, 0.29) is 24.2 Å². The average Bonchev–Trinajstić information content (AvgIpc) is 2.95. The fourth-order valence-electron chi connectivity index (χ4n) is 3.48. The van der Waals surface area contributed by atoms with Gasteiger partial charge >= 0.3 is 6.03 Å². The molecular weight excluding hydrogens is 280 g/mol. The molecular formula is C16H32N4O2. The van der Waals surface area contributed by atoms with Gasteiger partial charge in [-0.3, -0.25) is 0 Å². The van der Waals surface area contributed by atoms with Crippen LogP contribution in [0.3, 0.4) is 0 Å². The molecule has 6 nitrogen and oxygen atoms in total. The second kappa shape index (κ2) is 8.13. The van der Waals surface area contributed by atoms with Crippen molar-refractivity contribution in [1.29, 1.82) is 0 Å². The van der Waals surface area contributed by atoms with Gasteiger partial charge in [0, 0.05) is 32.2 Å². The Bertz CT molecular complexity index is 348. The SMILES string of the molecule is CN(C)CCN1CCC(NC(=O)NC2(CO)CCCC2)CC1. The molecule has 22 heavy (non-hydrogen) atoms. The van der Waals surface area contributed by atoms with Crippen LogP contribution in [0.15, 0.2) is 0 Å². The molecule has 1 heterocycles. The molecule has 128 valence electrons. The van der Waals surface area contributed by atoms with Gasteiger partial charge in [0.05, 0.1) is 12.1 Å². The number of nitrogens with one attached hydrogen (secondary N) is 2. The molecule has 0 atom stereocenters. The summed E-state index contributed by atoms with van der Waals surface area (Å²) in [5, 5.41) is 15.7. The predicted octanol–water partition coefficient (Wildman–Crippen LogP) is 0.617. The van der Waals surface area contributed by atoms with Crippen LogP contribution < -0.4 is 10.6 Å². The molecule has 1 aliphatic carbocycles. The highest BCUT2D eigenvalue weighted by molar-refractivity contribution is 5.75. The summed E-state index contributed by atoms with van der Waals surface area (Å²) in [6.45, 7) is 4.31. The molecule has 3 N–H and O–H groups in total. The van der Waals surface area contributed by atoms with E-state index in [0.717, 1.165) is 64.7 Å². The van der Waals surface area contributed by atoms with E-state index in [0.29, 0.717) is 0 Å². The third-order valence-electron chi connectivity index (χ3n) is 5.03. The third-order valence-corrected chi connectivity index (χ3v) is 5.03. The number of nitrogens with zero attached hydrogens (tertiary/aromatic N) is 2. The van der Waals surface area contributed by atoms with E-state index in [1.807, 2.05) is 0 Å². The van der Waals surface area contributed by atoms with E-state index >= 15 is 0 Å². The molecule has 6 heteroatoms. The van der Waals surface area contributed by atoms with E-state index < -0.39 is 0 Å². The van der Waals surface area contributed by atoms with Crippen LogP contribution >= 0.6 is 0 Å². The van der Waals surface area contributed by atoms with Crippen molar-refractivity contribution in [2.45, 2.75) is 50.1 Å². The summed E-state index contributed by atoms with van der Waals surface area (Å²) in [5.74, 6) is 0. The van der Waals surface area contributed by atoms with Crippen molar-refractivity contribution < 1.29 is 9.90 Å².